The van der Waals surface area contributed by atoms with Crippen LogP contribution in [0.5, 0.6) is 0 Å². The zero-order valence-corrected chi connectivity index (χ0v) is 14.0. The summed E-state index contributed by atoms with van der Waals surface area (Å²) in [4.78, 5) is 4.57. The van der Waals surface area contributed by atoms with Gasteiger partial charge in [-0.25, -0.2) is 9.37 Å². The lowest BCUT2D eigenvalue weighted by atomic mass is 10.1. The molecule has 0 bridgehead atoms. The molecule has 0 saturated heterocycles. The van der Waals surface area contributed by atoms with E-state index < -0.39 is 0 Å². The van der Waals surface area contributed by atoms with Gasteiger partial charge in [-0.1, -0.05) is 26.0 Å². The van der Waals surface area contributed by atoms with E-state index >= 15 is 0 Å². The van der Waals surface area contributed by atoms with Crippen molar-refractivity contribution in [2.24, 2.45) is 5.92 Å². The van der Waals surface area contributed by atoms with E-state index in [1.807, 2.05) is 24.3 Å². The third-order valence-electron chi connectivity index (χ3n) is 4.05. The van der Waals surface area contributed by atoms with E-state index in [1.165, 1.54) is 12.1 Å². The van der Waals surface area contributed by atoms with E-state index in [2.05, 4.69) is 39.2 Å². The molecule has 6 heteroatoms. The highest BCUT2D eigenvalue weighted by Crippen LogP contribution is 2.29. The largest absolute Gasteiger partial charge is 0.277 e. The molecule has 4 aromatic rings. The monoisotopic (exact) mass is 335 g/mol. The Morgan fingerprint density at radius 3 is 2.68 bits per heavy atom. The summed E-state index contributed by atoms with van der Waals surface area (Å²) >= 11 is 0. The molecule has 0 aliphatic carbocycles. The second kappa shape index (κ2) is 6.12. The van der Waals surface area contributed by atoms with Crippen molar-refractivity contribution < 1.29 is 4.39 Å². The van der Waals surface area contributed by atoms with Crippen LogP contribution in [0.1, 0.15) is 19.7 Å². The van der Waals surface area contributed by atoms with Crippen LogP contribution in [0.25, 0.3) is 33.5 Å². The highest BCUT2D eigenvalue weighted by atomic mass is 19.1. The van der Waals surface area contributed by atoms with Crippen molar-refractivity contribution in [3.05, 3.63) is 54.1 Å². The number of nitrogens with zero attached hydrogens (tertiary/aromatic N) is 3. The van der Waals surface area contributed by atoms with Crippen LogP contribution in [0.2, 0.25) is 0 Å². The van der Waals surface area contributed by atoms with Crippen LogP contribution in [0.15, 0.2) is 42.5 Å². The van der Waals surface area contributed by atoms with Crippen LogP contribution in [-0.2, 0) is 6.42 Å². The van der Waals surface area contributed by atoms with E-state index in [0.29, 0.717) is 17.4 Å². The van der Waals surface area contributed by atoms with Crippen molar-refractivity contribution in [3.8, 4) is 22.6 Å². The normalized spacial score (nSPS) is 11.5. The number of aromatic nitrogens is 5. The Balaban J connectivity index is 1.77. The third kappa shape index (κ3) is 3.03. The minimum Gasteiger partial charge on any atom is -0.277 e. The second-order valence-corrected chi connectivity index (χ2v) is 6.55. The highest BCUT2D eigenvalue weighted by Gasteiger charge is 2.13. The van der Waals surface area contributed by atoms with Gasteiger partial charge < -0.3 is 0 Å². The highest BCUT2D eigenvalue weighted by molar-refractivity contribution is 5.95. The van der Waals surface area contributed by atoms with Crippen molar-refractivity contribution >= 4 is 10.9 Å². The second-order valence-electron chi connectivity index (χ2n) is 6.55. The maximum Gasteiger partial charge on any atom is 0.181 e. The summed E-state index contributed by atoms with van der Waals surface area (Å²) in [6.45, 7) is 4.29. The molecule has 2 aromatic heterocycles. The van der Waals surface area contributed by atoms with E-state index in [-0.39, 0.29) is 5.82 Å². The predicted octanol–water partition coefficient (Wildman–Crippen LogP) is 4.35. The molecular weight excluding hydrogens is 317 g/mol. The fourth-order valence-corrected chi connectivity index (χ4v) is 2.91. The maximum absolute atomic E-state index is 13.5. The van der Waals surface area contributed by atoms with Gasteiger partial charge in [0.05, 0.1) is 5.52 Å². The van der Waals surface area contributed by atoms with E-state index in [0.717, 1.165) is 34.3 Å². The summed E-state index contributed by atoms with van der Waals surface area (Å²) in [6, 6.07) is 12.3. The molecule has 4 rings (SSSR count). The summed E-state index contributed by atoms with van der Waals surface area (Å²) in [5.41, 5.74) is 3.24. The Hall–Kier alpha value is -3.02. The molecule has 0 amide bonds. The lowest BCUT2D eigenvalue weighted by molar-refractivity contribution is 0.622. The first kappa shape index (κ1) is 15.5. The first-order valence-electron chi connectivity index (χ1n) is 8.26. The van der Waals surface area contributed by atoms with Crippen LogP contribution in [0, 0.1) is 11.7 Å². The average Bonchev–Trinajstić information content (AvgIpc) is 3.20. The fourth-order valence-electron chi connectivity index (χ4n) is 2.91. The number of hydrogen-bond donors (Lipinski definition) is 2. The lowest BCUT2D eigenvalue weighted by Crippen LogP contribution is -1.95. The number of hydrogen-bond acceptors (Lipinski definition) is 3. The summed E-state index contributed by atoms with van der Waals surface area (Å²) in [6.07, 6.45) is 0.857. The molecule has 0 aliphatic rings. The van der Waals surface area contributed by atoms with Crippen molar-refractivity contribution in [3.63, 3.8) is 0 Å². The Kier molecular flexibility index (Phi) is 3.80. The number of nitrogens with one attached hydrogen (secondary N) is 2. The van der Waals surface area contributed by atoms with Crippen molar-refractivity contribution in [2.45, 2.75) is 20.3 Å². The molecule has 0 aliphatic heterocycles. The maximum atomic E-state index is 13.5. The minimum absolute atomic E-state index is 0.280. The van der Waals surface area contributed by atoms with Gasteiger partial charge in [0.2, 0.25) is 0 Å². The topological polar surface area (TPSA) is 70.2 Å². The van der Waals surface area contributed by atoms with Crippen LogP contribution in [-0.4, -0.2) is 25.4 Å². The summed E-state index contributed by atoms with van der Waals surface area (Å²) in [7, 11) is 0. The van der Waals surface area contributed by atoms with Crippen LogP contribution in [0.3, 0.4) is 0 Å². The smallest absolute Gasteiger partial charge is 0.181 e. The lowest BCUT2D eigenvalue weighted by Gasteiger charge is -2.00. The first-order valence-corrected chi connectivity index (χ1v) is 8.26. The molecule has 0 fully saturated rings. The van der Waals surface area contributed by atoms with Gasteiger partial charge in [-0.3, -0.25) is 10.2 Å². The van der Waals surface area contributed by atoms with Gasteiger partial charge in [-0.05, 0) is 36.2 Å². The van der Waals surface area contributed by atoms with Crippen molar-refractivity contribution in [2.75, 3.05) is 0 Å². The summed E-state index contributed by atoms with van der Waals surface area (Å²) in [5, 5.41) is 15.6. The third-order valence-corrected chi connectivity index (χ3v) is 4.05. The molecule has 0 atom stereocenters. The van der Waals surface area contributed by atoms with Gasteiger partial charge in [-0.15, -0.1) is 0 Å². The van der Waals surface area contributed by atoms with Gasteiger partial charge >= 0.3 is 0 Å². The minimum atomic E-state index is -0.280. The van der Waals surface area contributed by atoms with Crippen LogP contribution >= 0.6 is 0 Å². The molecule has 2 heterocycles. The molecular formula is C19H18FN5. The Bertz CT molecular complexity index is 1030. The number of halogens is 1. The first-order chi connectivity index (χ1) is 12.1. The van der Waals surface area contributed by atoms with Crippen LogP contribution in [0.4, 0.5) is 4.39 Å². The zero-order valence-electron chi connectivity index (χ0n) is 14.0. The molecule has 2 N–H and O–H groups in total. The van der Waals surface area contributed by atoms with E-state index in [4.69, 9.17) is 0 Å². The molecule has 0 radical (unpaired) electrons. The van der Waals surface area contributed by atoms with E-state index in [1.54, 1.807) is 6.07 Å². The van der Waals surface area contributed by atoms with Gasteiger partial charge in [0.1, 0.15) is 17.3 Å². The fraction of sp³-hybridized carbons (Fsp3) is 0.211. The van der Waals surface area contributed by atoms with Crippen LogP contribution < -0.4 is 0 Å². The number of benzene rings is 2. The summed E-state index contributed by atoms with van der Waals surface area (Å²) < 4.78 is 13.5. The number of fused-ring (bicyclic) bond motifs is 1. The van der Waals surface area contributed by atoms with Gasteiger partial charge in [0, 0.05) is 22.9 Å². The predicted molar refractivity (Wildman–Crippen MR) is 95.4 cm³/mol. The van der Waals surface area contributed by atoms with Gasteiger partial charge in [-0.2, -0.15) is 10.2 Å². The molecule has 0 unspecified atom stereocenters. The standard InChI is InChI=1S/C19H18FN5/c1-11(2)8-17-21-19(25-23-17)13-6-7-16-15(10-13)18(24-22-16)12-4-3-5-14(20)9-12/h3-7,9-11H,8H2,1-2H3,(H,22,24)(H,21,23,25). The van der Waals surface area contributed by atoms with Crippen molar-refractivity contribution in [1.29, 1.82) is 0 Å². The SMILES string of the molecule is CC(C)Cc1nc(-c2ccc3[nH]nc(-c4cccc(F)c4)c3c2)n[nH]1. The Labute approximate surface area is 144 Å². The van der Waals surface area contributed by atoms with Gasteiger partial charge in [0.15, 0.2) is 5.82 Å². The molecule has 0 spiro atoms. The molecule has 126 valence electrons. The summed E-state index contributed by atoms with van der Waals surface area (Å²) in [5.74, 6) is 1.76. The van der Waals surface area contributed by atoms with Crippen molar-refractivity contribution in [1.82, 2.24) is 25.4 Å². The molecule has 2 aromatic carbocycles. The zero-order chi connectivity index (χ0) is 17.4. The quantitative estimate of drug-likeness (QED) is 0.582. The average molecular weight is 335 g/mol. The molecule has 0 saturated carbocycles. The molecule has 25 heavy (non-hydrogen) atoms. The Morgan fingerprint density at radius 1 is 1.00 bits per heavy atom. The number of rotatable bonds is 4. The molecule has 5 nitrogen and oxygen atoms in total. The Morgan fingerprint density at radius 2 is 1.88 bits per heavy atom. The van der Waals surface area contributed by atoms with E-state index in [9.17, 15) is 4.39 Å². The number of aromatic amines is 2. The number of H-pyrrole nitrogens is 2. The van der Waals surface area contributed by atoms with Gasteiger partial charge in [0.25, 0.3) is 0 Å².